The molecule has 2 aromatic carbocycles. The number of carbonyl (C=O) groups is 1. The van der Waals surface area contributed by atoms with Gasteiger partial charge in [-0.15, -0.1) is 0 Å². The molecule has 116 valence electrons. The molecule has 23 heavy (non-hydrogen) atoms. The smallest absolute Gasteiger partial charge is 0.163 e. The van der Waals surface area contributed by atoms with Crippen LogP contribution in [0.1, 0.15) is 39.9 Å². The first-order valence-electron chi connectivity index (χ1n) is 7.87. The molecule has 1 aliphatic heterocycles. The Bertz CT molecular complexity index is 833. The summed E-state index contributed by atoms with van der Waals surface area (Å²) in [5.41, 5.74) is 6.31. The highest BCUT2D eigenvalue weighted by atomic mass is 16.5. The number of rotatable bonds is 2. The molecule has 0 saturated heterocycles. The summed E-state index contributed by atoms with van der Waals surface area (Å²) in [6, 6.07) is 10.2. The minimum absolute atomic E-state index is 0.232. The largest absolute Gasteiger partial charge is 0.497 e. The molecule has 0 atom stereocenters. The van der Waals surface area contributed by atoms with Crippen molar-refractivity contribution in [3.8, 4) is 16.9 Å². The number of hydrogen-bond acceptors (Lipinski definition) is 3. The summed E-state index contributed by atoms with van der Waals surface area (Å²) in [5, 5.41) is 0. The van der Waals surface area contributed by atoms with Crippen molar-refractivity contribution in [1.29, 1.82) is 0 Å². The Balaban J connectivity index is 1.83. The standard InChI is InChI=1S/C20H18O3/c1-12(22-2)13-6-7-16-15(8-13)11-23-20-10-17-14(9-18(16)20)4-3-5-19(17)21/h6-10H,1,3-5,11H2,2H3. The van der Waals surface area contributed by atoms with E-state index in [2.05, 4.69) is 24.8 Å². The van der Waals surface area contributed by atoms with Gasteiger partial charge in [0.1, 0.15) is 18.1 Å². The Labute approximate surface area is 135 Å². The van der Waals surface area contributed by atoms with Crippen molar-refractivity contribution in [2.45, 2.75) is 25.9 Å². The fourth-order valence-electron chi connectivity index (χ4n) is 3.42. The van der Waals surface area contributed by atoms with Gasteiger partial charge < -0.3 is 9.47 Å². The maximum Gasteiger partial charge on any atom is 0.163 e. The van der Waals surface area contributed by atoms with Crippen LogP contribution < -0.4 is 4.74 Å². The predicted molar refractivity (Wildman–Crippen MR) is 89.5 cm³/mol. The number of methoxy groups -OCH3 is 1. The van der Waals surface area contributed by atoms with E-state index in [1.54, 1.807) is 7.11 Å². The fourth-order valence-corrected chi connectivity index (χ4v) is 3.42. The summed E-state index contributed by atoms with van der Waals surface area (Å²) >= 11 is 0. The number of benzene rings is 2. The lowest BCUT2D eigenvalue weighted by Gasteiger charge is -2.25. The highest BCUT2D eigenvalue weighted by molar-refractivity contribution is 6.00. The molecule has 4 rings (SSSR count). The molecule has 3 nitrogen and oxygen atoms in total. The van der Waals surface area contributed by atoms with Crippen molar-refractivity contribution >= 4 is 11.5 Å². The van der Waals surface area contributed by atoms with E-state index < -0.39 is 0 Å². The van der Waals surface area contributed by atoms with Gasteiger partial charge in [0, 0.05) is 23.1 Å². The van der Waals surface area contributed by atoms with Gasteiger partial charge in [-0.05, 0) is 47.7 Å². The van der Waals surface area contributed by atoms with Crippen LogP contribution in [0.2, 0.25) is 0 Å². The van der Waals surface area contributed by atoms with Crippen molar-refractivity contribution in [2.75, 3.05) is 7.11 Å². The minimum Gasteiger partial charge on any atom is -0.497 e. The van der Waals surface area contributed by atoms with Crippen molar-refractivity contribution in [3.05, 3.63) is 59.2 Å². The van der Waals surface area contributed by atoms with Crippen LogP contribution in [0.5, 0.6) is 5.75 Å². The molecular weight excluding hydrogens is 288 g/mol. The second-order valence-electron chi connectivity index (χ2n) is 6.07. The molecule has 0 radical (unpaired) electrons. The Kier molecular flexibility index (Phi) is 3.22. The molecule has 0 amide bonds. The van der Waals surface area contributed by atoms with Gasteiger partial charge in [-0.25, -0.2) is 0 Å². The average molecular weight is 306 g/mol. The zero-order valence-electron chi connectivity index (χ0n) is 13.1. The molecule has 0 aromatic heterocycles. The van der Waals surface area contributed by atoms with Gasteiger partial charge in [-0.2, -0.15) is 0 Å². The van der Waals surface area contributed by atoms with E-state index in [1.807, 2.05) is 12.1 Å². The summed E-state index contributed by atoms with van der Waals surface area (Å²) in [7, 11) is 1.62. The Morgan fingerprint density at radius 3 is 2.78 bits per heavy atom. The third-order valence-electron chi connectivity index (χ3n) is 4.70. The van der Waals surface area contributed by atoms with Gasteiger partial charge in [0.2, 0.25) is 0 Å². The maximum absolute atomic E-state index is 12.1. The molecular formula is C20H18O3. The predicted octanol–water partition coefficient (Wildman–Crippen LogP) is 4.38. The van der Waals surface area contributed by atoms with Crippen molar-refractivity contribution in [3.63, 3.8) is 0 Å². The summed E-state index contributed by atoms with van der Waals surface area (Å²) in [6.45, 7) is 4.40. The topological polar surface area (TPSA) is 35.5 Å². The van der Waals surface area contributed by atoms with Gasteiger partial charge in [0.25, 0.3) is 0 Å². The number of Topliss-reactive ketones (excluding diaryl/α,β-unsaturated/α-hetero) is 1. The summed E-state index contributed by atoms with van der Waals surface area (Å²) < 4.78 is 11.1. The molecule has 0 fully saturated rings. The quantitative estimate of drug-likeness (QED) is 0.772. The molecule has 3 heteroatoms. The van der Waals surface area contributed by atoms with Crippen LogP contribution in [0.15, 0.2) is 36.9 Å². The van der Waals surface area contributed by atoms with Crippen LogP contribution in [-0.4, -0.2) is 12.9 Å². The molecule has 0 N–H and O–H groups in total. The normalized spacial score (nSPS) is 15.1. The highest BCUT2D eigenvalue weighted by Crippen LogP contribution is 2.41. The van der Waals surface area contributed by atoms with Crippen LogP contribution >= 0.6 is 0 Å². The van der Waals surface area contributed by atoms with Crippen LogP contribution in [-0.2, 0) is 17.8 Å². The Morgan fingerprint density at radius 1 is 1.09 bits per heavy atom. The number of aryl methyl sites for hydroxylation is 1. The third kappa shape index (κ3) is 2.24. The van der Waals surface area contributed by atoms with E-state index in [-0.39, 0.29) is 5.78 Å². The first-order valence-corrected chi connectivity index (χ1v) is 7.87. The van der Waals surface area contributed by atoms with Gasteiger partial charge in [0.05, 0.1) is 7.11 Å². The second kappa shape index (κ2) is 5.27. The van der Waals surface area contributed by atoms with Crippen LogP contribution in [0.25, 0.3) is 16.9 Å². The van der Waals surface area contributed by atoms with Crippen molar-refractivity contribution < 1.29 is 14.3 Å². The molecule has 1 heterocycles. The Morgan fingerprint density at radius 2 is 1.96 bits per heavy atom. The summed E-state index contributed by atoms with van der Waals surface area (Å²) in [6.07, 6.45) is 2.54. The monoisotopic (exact) mass is 306 g/mol. The molecule has 0 spiro atoms. The van der Waals surface area contributed by atoms with Gasteiger partial charge in [-0.1, -0.05) is 18.7 Å². The highest BCUT2D eigenvalue weighted by Gasteiger charge is 2.24. The lowest BCUT2D eigenvalue weighted by molar-refractivity contribution is 0.0972. The van der Waals surface area contributed by atoms with E-state index in [4.69, 9.17) is 9.47 Å². The van der Waals surface area contributed by atoms with E-state index in [1.165, 1.54) is 5.56 Å². The lowest BCUT2D eigenvalue weighted by Crippen LogP contribution is -2.13. The molecule has 2 aliphatic rings. The zero-order chi connectivity index (χ0) is 16.0. The van der Waals surface area contributed by atoms with Crippen LogP contribution in [0.4, 0.5) is 0 Å². The summed E-state index contributed by atoms with van der Waals surface area (Å²) in [4.78, 5) is 12.1. The number of ketones is 1. The van der Waals surface area contributed by atoms with Crippen molar-refractivity contribution in [1.82, 2.24) is 0 Å². The van der Waals surface area contributed by atoms with E-state index in [9.17, 15) is 4.79 Å². The van der Waals surface area contributed by atoms with Crippen LogP contribution in [0, 0.1) is 0 Å². The first-order chi connectivity index (χ1) is 11.2. The zero-order valence-corrected chi connectivity index (χ0v) is 13.1. The molecule has 0 saturated carbocycles. The second-order valence-corrected chi connectivity index (χ2v) is 6.07. The number of fused-ring (bicyclic) bond motifs is 4. The van der Waals surface area contributed by atoms with E-state index >= 15 is 0 Å². The van der Waals surface area contributed by atoms with E-state index in [0.29, 0.717) is 18.8 Å². The SMILES string of the molecule is C=C(OC)c1ccc2c(c1)COc1cc3c(cc1-2)CCCC3=O. The summed E-state index contributed by atoms with van der Waals surface area (Å²) in [5.74, 6) is 1.69. The van der Waals surface area contributed by atoms with Gasteiger partial charge in [0.15, 0.2) is 5.78 Å². The van der Waals surface area contributed by atoms with Gasteiger partial charge >= 0.3 is 0 Å². The third-order valence-corrected chi connectivity index (χ3v) is 4.70. The molecule has 1 aliphatic carbocycles. The number of carbonyl (C=O) groups excluding carboxylic acids is 1. The van der Waals surface area contributed by atoms with Crippen molar-refractivity contribution in [2.24, 2.45) is 0 Å². The Hall–Kier alpha value is -2.55. The maximum atomic E-state index is 12.1. The van der Waals surface area contributed by atoms with Gasteiger partial charge in [-0.3, -0.25) is 4.79 Å². The average Bonchev–Trinajstić information content (AvgIpc) is 2.59. The van der Waals surface area contributed by atoms with E-state index in [0.717, 1.165) is 46.4 Å². The molecule has 0 unspecified atom stereocenters. The molecule has 2 aromatic rings. The molecule has 0 bridgehead atoms. The first kappa shape index (κ1) is 14.1. The number of ether oxygens (including phenoxy) is 2. The van der Waals surface area contributed by atoms with Crippen LogP contribution in [0.3, 0.4) is 0 Å². The number of hydrogen-bond donors (Lipinski definition) is 0. The fraction of sp³-hybridized carbons (Fsp3) is 0.250. The minimum atomic E-state index is 0.232. The lowest BCUT2D eigenvalue weighted by atomic mass is 9.86.